The summed E-state index contributed by atoms with van der Waals surface area (Å²) in [7, 11) is -1.47. The summed E-state index contributed by atoms with van der Waals surface area (Å²) >= 11 is 0. The minimum Gasteiger partial charge on any atom is -0.497 e. The summed E-state index contributed by atoms with van der Waals surface area (Å²) < 4.78 is 31.0. The fourth-order valence-corrected chi connectivity index (χ4v) is 5.98. The SMILES string of the molecule is COc1ccc(-c2cc(C(=O)NCCC3=CCCCC3)nn2[C@H]2CCS(=O)(=O)C2)cc1. The zero-order valence-electron chi connectivity index (χ0n) is 17.8. The van der Waals surface area contributed by atoms with E-state index >= 15 is 0 Å². The maximum atomic E-state index is 12.8. The van der Waals surface area contributed by atoms with Gasteiger partial charge in [-0.2, -0.15) is 5.10 Å². The third kappa shape index (κ3) is 5.18. The van der Waals surface area contributed by atoms with Crippen LogP contribution in [0.1, 0.15) is 55.1 Å². The van der Waals surface area contributed by atoms with Gasteiger partial charge in [0, 0.05) is 12.1 Å². The highest BCUT2D eigenvalue weighted by molar-refractivity contribution is 7.91. The van der Waals surface area contributed by atoms with E-state index in [0.29, 0.717) is 18.7 Å². The molecular formula is C23H29N3O4S. The Labute approximate surface area is 183 Å². The van der Waals surface area contributed by atoms with Crippen molar-refractivity contribution < 1.29 is 17.9 Å². The average molecular weight is 444 g/mol. The standard InChI is InChI=1S/C23H29N3O4S/c1-30-20-9-7-18(8-10-20)22-15-21(25-26(22)19-12-14-31(28,29)16-19)23(27)24-13-11-17-5-3-2-4-6-17/h5,7-10,15,19H,2-4,6,11-14,16H2,1H3,(H,24,27)/t19-/m0/s1. The smallest absolute Gasteiger partial charge is 0.271 e. The third-order valence-corrected chi connectivity index (χ3v) is 7.78. The van der Waals surface area contributed by atoms with Crippen molar-refractivity contribution in [1.82, 2.24) is 15.1 Å². The molecule has 1 N–H and O–H groups in total. The van der Waals surface area contributed by atoms with E-state index in [4.69, 9.17) is 4.74 Å². The number of carbonyl (C=O) groups excluding carboxylic acids is 1. The van der Waals surface area contributed by atoms with Gasteiger partial charge in [-0.15, -0.1) is 0 Å². The summed E-state index contributed by atoms with van der Waals surface area (Å²) in [5.74, 6) is 0.697. The molecule has 1 aromatic heterocycles. The zero-order valence-corrected chi connectivity index (χ0v) is 18.7. The van der Waals surface area contributed by atoms with Crippen LogP contribution in [0.2, 0.25) is 0 Å². The van der Waals surface area contributed by atoms with Crippen molar-refractivity contribution in [3.05, 3.63) is 47.7 Å². The maximum Gasteiger partial charge on any atom is 0.271 e. The summed E-state index contributed by atoms with van der Waals surface area (Å²) in [6.45, 7) is 0.577. The van der Waals surface area contributed by atoms with Crippen LogP contribution in [0.4, 0.5) is 0 Å². The first-order chi connectivity index (χ1) is 14.9. The Balaban J connectivity index is 1.54. The van der Waals surface area contributed by atoms with Gasteiger partial charge in [0.2, 0.25) is 0 Å². The van der Waals surface area contributed by atoms with E-state index in [2.05, 4.69) is 16.5 Å². The quantitative estimate of drug-likeness (QED) is 0.661. The van der Waals surface area contributed by atoms with E-state index in [1.807, 2.05) is 24.3 Å². The number of methoxy groups -OCH3 is 1. The van der Waals surface area contributed by atoms with Gasteiger partial charge in [-0.05, 0) is 68.9 Å². The number of nitrogens with zero attached hydrogens (tertiary/aromatic N) is 2. The molecule has 0 unspecified atom stereocenters. The second-order valence-electron chi connectivity index (χ2n) is 8.26. The van der Waals surface area contributed by atoms with Crippen molar-refractivity contribution in [2.45, 2.75) is 44.6 Å². The van der Waals surface area contributed by atoms with Crippen LogP contribution in [-0.2, 0) is 9.84 Å². The van der Waals surface area contributed by atoms with Crippen LogP contribution in [-0.4, -0.2) is 49.3 Å². The maximum absolute atomic E-state index is 12.8. The first-order valence-electron chi connectivity index (χ1n) is 10.9. The molecule has 1 aromatic carbocycles. The number of rotatable bonds is 7. The highest BCUT2D eigenvalue weighted by atomic mass is 32.2. The number of benzene rings is 1. The minimum absolute atomic E-state index is 0.0487. The van der Waals surface area contributed by atoms with Crippen LogP contribution < -0.4 is 10.1 Å². The van der Waals surface area contributed by atoms with E-state index in [-0.39, 0.29) is 23.5 Å². The fraction of sp³-hybridized carbons (Fsp3) is 0.478. The molecule has 0 saturated carbocycles. The van der Waals surface area contributed by atoms with Crippen molar-refractivity contribution in [3.8, 4) is 17.0 Å². The number of nitrogens with one attached hydrogen (secondary N) is 1. The summed E-state index contributed by atoms with van der Waals surface area (Å²) in [5, 5.41) is 7.51. The molecule has 7 nitrogen and oxygen atoms in total. The van der Waals surface area contributed by atoms with E-state index in [1.54, 1.807) is 17.9 Å². The number of carbonyl (C=O) groups is 1. The monoisotopic (exact) mass is 443 g/mol. The predicted molar refractivity (Wildman–Crippen MR) is 120 cm³/mol. The largest absolute Gasteiger partial charge is 0.497 e. The number of hydrogen-bond acceptors (Lipinski definition) is 5. The second-order valence-corrected chi connectivity index (χ2v) is 10.5. The number of ether oxygens (including phenoxy) is 1. The molecule has 0 bridgehead atoms. The van der Waals surface area contributed by atoms with E-state index < -0.39 is 9.84 Å². The predicted octanol–water partition coefficient (Wildman–Crippen LogP) is 3.54. The van der Waals surface area contributed by atoms with Crippen LogP contribution in [0.15, 0.2) is 42.0 Å². The summed E-state index contributed by atoms with van der Waals surface area (Å²) in [5.41, 5.74) is 3.33. The van der Waals surface area contributed by atoms with Crippen LogP contribution in [0.5, 0.6) is 5.75 Å². The Morgan fingerprint density at radius 1 is 1.26 bits per heavy atom. The molecular weight excluding hydrogens is 414 g/mol. The molecule has 1 atom stereocenters. The molecule has 2 heterocycles. The van der Waals surface area contributed by atoms with E-state index in [9.17, 15) is 13.2 Å². The van der Waals surface area contributed by atoms with Crippen molar-refractivity contribution in [2.24, 2.45) is 0 Å². The van der Waals surface area contributed by atoms with E-state index in [0.717, 1.165) is 36.3 Å². The summed E-state index contributed by atoms with van der Waals surface area (Å²) in [6.07, 6.45) is 8.36. The van der Waals surface area contributed by atoms with Crippen LogP contribution in [0.3, 0.4) is 0 Å². The molecule has 2 aliphatic rings. The highest BCUT2D eigenvalue weighted by Gasteiger charge is 2.32. The normalized spacial score (nSPS) is 20.3. The second kappa shape index (κ2) is 9.26. The molecule has 1 aliphatic heterocycles. The molecule has 166 valence electrons. The molecule has 0 spiro atoms. The molecule has 1 fully saturated rings. The number of hydrogen-bond donors (Lipinski definition) is 1. The lowest BCUT2D eigenvalue weighted by Crippen LogP contribution is -2.25. The lowest BCUT2D eigenvalue weighted by Gasteiger charge is -2.13. The molecule has 31 heavy (non-hydrogen) atoms. The molecule has 1 amide bonds. The van der Waals surface area contributed by atoms with Crippen molar-refractivity contribution >= 4 is 15.7 Å². The Bertz CT molecular complexity index is 1070. The first kappa shape index (κ1) is 21.6. The number of sulfone groups is 1. The Morgan fingerprint density at radius 3 is 2.71 bits per heavy atom. The third-order valence-electron chi connectivity index (χ3n) is 6.03. The number of aromatic nitrogens is 2. The van der Waals surface area contributed by atoms with E-state index in [1.165, 1.54) is 18.4 Å². The van der Waals surface area contributed by atoms with Gasteiger partial charge in [-0.3, -0.25) is 9.48 Å². The first-order valence-corrected chi connectivity index (χ1v) is 12.7. The van der Waals surface area contributed by atoms with Gasteiger partial charge in [-0.25, -0.2) is 8.42 Å². The van der Waals surface area contributed by atoms with Gasteiger partial charge >= 0.3 is 0 Å². The van der Waals surface area contributed by atoms with Gasteiger partial charge in [0.1, 0.15) is 5.75 Å². The van der Waals surface area contributed by atoms with Crippen LogP contribution in [0, 0.1) is 0 Å². The van der Waals surface area contributed by atoms with Crippen LogP contribution >= 0.6 is 0 Å². The molecule has 1 saturated heterocycles. The molecule has 4 rings (SSSR count). The van der Waals surface area contributed by atoms with Gasteiger partial charge in [0.05, 0.1) is 30.4 Å². The molecule has 8 heteroatoms. The van der Waals surface area contributed by atoms with Crippen molar-refractivity contribution in [3.63, 3.8) is 0 Å². The fourth-order valence-electron chi connectivity index (χ4n) is 4.29. The Kier molecular flexibility index (Phi) is 6.46. The average Bonchev–Trinajstić information content (AvgIpc) is 3.38. The summed E-state index contributed by atoms with van der Waals surface area (Å²) in [4.78, 5) is 12.8. The Hall–Kier alpha value is -2.61. The molecule has 1 aliphatic carbocycles. The summed E-state index contributed by atoms with van der Waals surface area (Å²) in [6, 6.07) is 8.96. The lowest BCUT2D eigenvalue weighted by molar-refractivity contribution is 0.0948. The minimum atomic E-state index is -3.08. The topological polar surface area (TPSA) is 90.3 Å². The van der Waals surface area contributed by atoms with Crippen molar-refractivity contribution in [2.75, 3.05) is 25.2 Å². The van der Waals surface area contributed by atoms with Gasteiger partial charge in [0.25, 0.3) is 5.91 Å². The van der Waals surface area contributed by atoms with Gasteiger partial charge in [-0.1, -0.05) is 11.6 Å². The van der Waals surface area contributed by atoms with Gasteiger partial charge < -0.3 is 10.1 Å². The lowest BCUT2D eigenvalue weighted by atomic mass is 9.97. The highest BCUT2D eigenvalue weighted by Crippen LogP contribution is 2.31. The molecule has 0 radical (unpaired) electrons. The Morgan fingerprint density at radius 2 is 2.06 bits per heavy atom. The number of allylic oxidation sites excluding steroid dienone is 1. The van der Waals surface area contributed by atoms with Crippen LogP contribution in [0.25, 0.3) is 11.3 Å². The zero-order chi connectivity index (χ0) is 21.8. The molecule has 2 aromatic rings. The van der Waals surface area contributed by atoms with Crippen molar-refractivity contribution in [1.29, 1.82) is 0 Å². The van der Waals surface area contributed by atoms with Gasteiger partial charge in [0.15, 0.2) is 15.5 Å². The number of amides is 1.